The summed E-state index contributed by atoms with van der Waals surface area (Å²) in [6.45, 7) is 3.31. The minimum absolute atomic E-state index is 0.0388. The number of hydrogen-bond acceptors (Lipinski definition) is 4. The molecule has 0 saturated carbocycles. The van der Waals surface area contributed by atoms with Gasteiger partial charge in [-0.2, -0.15) is 0 Å². The van der Waals surface area contributed by atoms with Crippen molar-refractivity contribution in [3.05, 3.63) is 39.9 Å². The Kier molecular flexibility index (Phi) is 4.68. The standard InChI is InChI=1S/C14H19N3O3/c1-10-5-6-15-13(7-10)14(18)16-9-11-3-2-4-12(8-11)17(19)20/h2-4,8,10,13,15H,5-7,9H2,1H3,(H,16,18). The number of nitrogens with one attached hydrogen (secondary N) is 2. The SMILES string of the molecule is CC1CCNC(C(=O)NCc2cccc([N+](=O)[O-])c2)C1. The molecule has 2 rings (SSSR count). The summed E-state index contributed by atoms with van der Waals surface area (Å²) in [5, 5.41) is 16.7. The summed E-state index contributed by atoms with van der Waals surface area (Å²) in [4.78, 5) is 22.3. The van der Waals surface area contributed by atoms with Crippen LogP contribution in [0, 0.1) is 16.0 Å². The van der Waals surface area contributed by atoms with Gasteiger partial charge in [-0.05, 0) is 30.9 Å². The number of nitrogens with zero attached hydrogens (tertiary/aromatic N) is 1. The number of hydrogen-bond donors (Lipinski definition) is 2. The number of benzene rings is 1. The van der Waals surface area contributed by atoms with Gasteiger partial charge >= 0.3 is 0 Å². The quantitative estimate of drug-likeness (QED) is 0.646. The third-order valence-electron chi connectivity index (χ3n) is 3.57. The van der Waals surface area contributed by atoms with E-state index in [1.54, 1.807) is 12.1 Å². The van der Waals surface area contributed by atoms with E-state index in [4.69, 9.17) is 0 Å². The van der Waals surface area contributed by atoms with Crippen molar-refractivity contribution >= 4 is 11.6 Å². The number of piperidine rings is 1. The van der Waals surface area contributed by atoms with E-state index in [2.05, 4.69) is 17.6 Å². The number of carbonyl (C=O) groups is 1. The number of nitro benzene ring substituents is 1. The Morgan fingerprint density at radius 1 is 1.55 bits per heavy atom. The monoisotopic (exact) mass is 277 g/mol. The molecule has 1 aromatic rings. The summed E-state index contributed by atoms with van der Waals surface area (Å²) in [6.07, 6.45) is 1.93. The molecule has 0 aliphatic carbocycles. The van der Waals surface area contributed by atoms with E-state index in [-0.39, 0.29) is 17.6 Å². The smallest absolute Gasteiger partial charge is 0.269 e. The summed E-state index contributed by atoms with van der Waals surface area (Å²) >= 11 is 0. The molecule has 108 valence electrons. The zero-order chi connectivity index (χ0) is 14.5. The molecule has 20 heavy (non-hydrogen) atoms. The van der Waals surface area contributed by atoms with E-state index in [0.29, 0.717) is 12.5 Å². The molecule has 0 bridgehead atoms. The van der Waals surface area contributed by atoms with Crippen molar-refractivity contribution in [1.29, 1.82) is 0 Å². The summed E-state index contributed by atoms with van der Waals surface area (Å²) in [5.74, 6) is 0.507. The molecular weight excluding hydrogens is 258 g/mol. The van der Waals surface area contributed by atoms with Crippen molar-refractivity contribution < 1.29 is 9.72 Å². The summed E-state index contributed by atoms with van der Waals surface area (Å²) in [7, 11) is 0. The van der Waals surface area contributed by atoms with Crippen molar-refractivity contribution in [2.24, 2.45) is 5.92 Å². The highest BCUT2D eigenvalue weighted by molar-refractivity contribution is 5.81. The first kappa shape index (κ1) is 14.5. The van der Waals surface area contributed by atoms with Gasteiger partial charge in [0.05, 0.1) is 11.0 Å². The van der Waals surface area contributed by atoms with Crippen LogP contribution >= 0.6 is 0 Å². The second kappa shape index (κ2) is 6.47. The van der Waals surface area contributed by atoms with E-state index in [1.807, 2.05) is 0 Å². The Balaban J connectivity index is 1.89. The van der Waals surface area contributed by atoms with E-state index in [0.717, 1.165) is 24.9 Å². The lowest BCUT2D eigenvalue weighted by molar-refractivity contribution is -0.384. The average molecular weight is 277 g/mol. The molecule has 6 heteroatoms. The summed E-state index contributed by atoms with van der Waals surface area (Å²) < 4.78 is 0. The van der Waals surface area contributed by atoms with Crippen LogP contribution in [0.15, 0.2) is 24.3 Å². The van der Waals surface area contributed by atoms with Crippen LogP contribution in [0.2, 0.25) is 0 Å². The summed E-state index contributed by atoms with van der Waals surface area (Å²) in [5.41, 5.74) is 0.776. The van der Waals surface area contributed by atoms with Crippen molar-refractivity contribution in [2.75, 3.05) is 6.54 Å². The van der Waals surface area contributed by atoms with E-state index in [9.17, 15) is 14.9 Å². The van der Waals surface area contributed by atoms with Gasteiger partial charge in [-0.3, -0.25) is 14.9 Å². The number of amides is 1. The Hall–Kier alpha value is -1.95. The van der Waals surface area contributed by atoms with Gasteiger partial charge in [0, 0.05) is 18.7 Å². The van der Waals surface area contributed by atoms with Crippen molar-refractivity contribution in [3.63, 3.8) is 0 Å². The van der Waals surface area contributed by atoms with Gasteiger partial charge in [-0.25, -0.2) is 0 Å². The lowest BCUT2D eigenvalue weighted by atomic mass is 9.94. The molecule has 1 fully saturated rings. The lowest BCUT2D eigenvalue weighted by Crippen LogP contribution is -2.48. The highest BCUT2D eigenvalue weighted by atomic mass is 16.6. The van der Waals surface area contributed by atoms with Gasteiger partial charge in [-0.1, -0.05) is 19.1 Å². The number of nitro groups is 1. The largest absolute Gasteiger partial charge is 0.351 e. The fourth-order valence-electron chi connectivity index (χ4n) is 2.40. The van der Waals surface area contributed by atoms with Crippen molar-refractivity contribution in [1.82, 2.24) is 10.6 Å². The van der Waals surface area contributed by atoms with Crippen LogP contribution in [0.3, 0.4) is 0 Å². The minimum Gasteiger partial charge on any atom is -0.351 e. The Labute approximate surface area is 117 Å². The highest BCUT2D eigenvalue weighted by Gasteiger charge is 2.24. The van der Waals surface area contributed by atoms with Crippen molar-refractivity contribution in [2.45, 2.75) is 32.4 Å². The third-order valence-corrected chi connectivity index (χ3v) is 3.57. The molecule has 1 amide bonds. The second-order valence-electron chi connectivity index (χ2n) is 5.28. The molecule has 0 spiro atoms. The number of rotatable bonds is 4. The van der Waals surface area contributed by atoms with Crippen molar-refractivity contribution in [3.8, 4) is 0 Å². The molecule has 6 nitrogen and oxygen atoms in total. The average Bonchev–Trinajstić information content (AvgIpc) is 2.45. The van der Waals surface area contributed by atoms with Gasteiger partial charge < -0.3 is 10.6 Å². The van der Waals surface area contributed by atoms with Gasteiger partial charge in [-0.15, -0.1) is 0 Å². The fourth-order valence-corrected chi connectivity index (χ4v) is 2.40. The molecule has 1 aliphatic rings. The highest BCUT2D eigenvalue weighted by Crippen LogP contribution is 2.16. The Morgan fingerprint density at radius 2 is 2.35 bits per heavy atom. The molecule has 2 atom stereocenters. The van der Waals surface area contributed by atoms with Crippen LogP contribution in [0.1, 0.15) is 25.3 Å². The summed E-state index contributed by atoms with van der Waals surface area (Å²) in [6, 6.07) is 6.16. The lowest BCUT2D eigenvalue weighted by Gasteiger charge is -2.27. The van der Waals surface area contributed by atoms with Crippen LogP contribution < -0.4 is 10.6 Å². The minimum atomic E-state index is -0.435. The predicted molar refractivity (Wildman–Crippen MR) is 75.1 cm³/mol. The van der Waals surface area contributed by atoms with E-state index >= 15 is 0 Å². The molecule has 1 aliphatic heterocycles. The topological polar surface area (TPSA) is 84.3 Å². The first-order chi connectivity index (χ1) is 9.56. The zero-order valence-corrected chi connectivity index (χ0v) is 11.5. The van der Waals surface area contributed by atoms with Crippen LogP contribution in [-0.4, -0.2) is 23.4 Å². The van der Waals surface area contributed by atoms with Gasteiger partial charge in [0.2, 0.25) is 5.91 Å². The molecule has 1 heterocycles. The van der Waals surface area contributed by atoms with Crippen LogP contribution in [0.4, 0.5) is 5.69 Å². The van der Waals surface area contributed by atoms with Crippen LogP contribution in [0.25, 0.3) is 0 Å². The molecule has 2 N–H and O–H groups in total. The molecule has 2 unspecified atom stereocenters. The second-order valence-corrected chi connectivity index (χ2v) is 5.28. The van der Waals surface area contributed by atoms with Crippen LogP contribution in [-0.2, 0) is 11.3 Å². The Bertz CT molecular complexity index is 504. The van der Waals surface area contributed by atoms with Gasteiger partial charge in [0.1, 0.15) is 0 Å². The third kappa shape index (κ3) is 3.77. The number of carbonyl (C=O) groups excluding carboxylic acids is 1. The zero-order valence-electron chi connectivity index (χ0n) is 11.5. The van der Waals surface area contributed by atoms with E-state index < -0.39 is 4.92 Å². The molecule has 0 radical (unpaired) electrons. The first-order valence-electron chi connectivity index (χ1n) is 6.80. The Morgan fingerprint density at radius 3 is 3.05 bits per heavy atom. The normalized spacial score (nSPS) is 22.2. The maximum absolute atomic E-state index is 12.0. The van der Waals surface area contributed by atoms with Gasteiger partial charge in [0.15, 0.2) is 0 Å². The van der Waals surface area contributed by atoms with Crippen LogP contribution in [0.5, 0.6) is 0 Å². The van der Waals surface area contributed by atoms with E-state index in [1.165, 1.54) is 12.1 Å². The first-order valence-corrected chi connectivity index (χ1v) is 6.80. The number of non-ortho nitro benzene ring substituents is 1. The molecule has 0 aromatic heterocycles. The maximum atomic E-state index is 12.0. The van der Waals surface area contributed by atoms with Gasteiger partial charge in [0.25, 0.3) is 5.69 Å². The molecular formula is C14H19N3O3. The maximum Gasteiger partial charge on any atom is 0.269 e. The molecule has 1 aromatic carbocycles. The predicted octanol–water partition coefficient (Wildman–Crippen LogP) is 1.60. The molecule has 1 saturated heterocycles. The fraction of sp³-hybridized carbons (Fsp3) is 0.500.